The van der Waals surface area contributed by atoms with E-state index in [0.29, 0.717) is 19.8 Å². The maximum atomic E-state index is 6.06. The van der Waals surface area contributed by atoms with Crippen molar-refractivity contribution < 1.29 is 9.47 Å². The maximum Gasteiger partial charge on any atom is 0.0814 e. The summed E-state index contributed by atoms with van der Waals surface area (Å²) in [6, 6.07) is 20.6. The van der Waals surface area contributed by atoms with Crippen molar-refractivity contribution in [2.75, 3.05) is 6.61 Å². The molecule has 2 nitrogen and oxygen atoms in total. The normalized spacial score (nSPS) is 17.5. The van der Waals surface area contributed by atoms with E-state index in [2.05, 4.69) is 30.3 Å². The van der Waals surface area contributed by atoms with Crippen LogP contribution in [0.5, 0.6) is 0 Å². The van der Waals surface area contributed by atoms with Gasteiger partial charge >= 0.3 is 0 Å². The Bertz CT molecular complexity index is 590. The molecule has 0 radical (unpaired) electrons. The summed E-state index contributed by atoms with van der Waals surface area (Å²) in [6.07, 6.45) is 4.62. The predicted molar refractivity (Wildman–Crippen MR) is 88.4 cm³/mol. The van der Waals surface area contributed by atoms with Crippen molar-refractivity contribution in [3.63, 3.8) is 0 Å². The summed E-state index contributed by atoms with van der Waals surface area (Å²) in [6.45, 7) is 1.99. The van der Waals surface area contributed by atoms with Gasteiger partial charge in [0, 0.05) is 0 Å². The minimum atomic E-state index is 0.205. The molecule has 0 saturated carbocycles. The third-order valence-corrected chi connectivity index (χ3v) is 3.92. The largest absolute Gasteiger partial charge is 0.372 e. The quantitative estimate of drug-likeness (QED) is 0.700. The summed E-state index contributed by atoms with van der Waals surface area (Å²) < 4.78 is 11.9. The van der Waals surface area contributed by atoms with Gasteiger partial charge in [0.05, 0.1) is 25.9 Å². The zero-order valence-electron chi connectivity index (χ0n) is 12.8. The van der Waals surface area contributed by atoms with E-state index in [-0.39, 0.29) is 6.10 Å². The van der Waals surface area contributed by atoms with E-state index in [4.69, 9.17) is 9.47 Å². The van der Waals surface area contributed by atoms with Gasteiger partial charge in [-0.25, -0.2) is 0 Å². The van der Waals surface area contributed by atoms with Crippen molar-refractivity contribution in [1.82, 2.24) is 0 Å². The van der Waals surface area contributed by atoms with Crippen molar-refractivity contribution in [3.05, 3.63) is 83.4 Å². The molecule has 2 aromatic rings. The van der Waals surface area contributed by atoms with Gasteiger partial charge in [-0.05, 0) is 29.5 Å². The lowest BCUT2D eigenvalue weighted by Crippen LogP contribution is -2.15. The van der Waals surface area contributed by atoms with E-state index < -0.39 is 0 Å². The fourth-order valence-corrected chi connectivity index (χ4v) is 2.71. The second-order valence-electron chi connectivity index (χ2n) is 5.62. The van der Waals surface area contributed by atoms with Crippen LogP contribution in [0.3, 0.4) is 0 Å². The first-order valence-corrected chi connectivity index (χ1v) is 7.88. The standard InChI is InChI=1S/C20H22O2/c1-3-8-17(9-4-1)14-21-16-19-12-7-13-20(19)22-15-18-10-5-2-6-11-18/h1-6,8-12,20H,7,13-16H2/t20-/m0/s1. The molecule has 0 saturated heterocycles. The molecular formula is C20H22O2. The summed E-state index contributed by atoms with van der Waals surface area (Å²) in [5.74, 6) is 0. The second-order valence-corrected chi connectivity index (χ2v) is 5.62. The van der Waals surface area contributed by atoms with Crippen molar-refractivity contribution in [3.8, 4) is 0 Å². The van der Waals surface area contributed by atoms with Crippen LogP contribution >= 0.6 is 0 Å². The number of ether oxygens (including phenoxy) is 2. The smallest absolute Gasteiger partial charge is 0.0814 e. The molecule has 0 aliphatic heterocycles. The molecule has 3 rings (SSSR count). The lowest BCUT2D eigenvalue weighted by Gasteiger charge is -2.16. The van der Waals surface area contributed by atoms with Crippen LogP contribution in [-0.2, 0) is 22.7 Å². The van der Waals surface area contributed by atoms with Gasteiger partial charge in [0.15, 0.2) is 0 Å². The Labute approximate surface area is 132 Å². The highest BCUT2D eigenvalue weighted by Gasteiger charge is 2.19. The average molecular weight is 294 g/mol. The SMILES string of the molecule is C1=C(COCc2ccccc2)[C@@H](OCc2ccccc2)CC1. The van der Waals surface area contributed by atoms with Gasteiger partial charge in [-0.2, -0.15) is 0 Å². The molecule has 22 heavy (non-hydrogen) atoms. The van der Waals surface area contributed by atoms with Crippen LogP contribution in [0.15, 0.2) is 72.3 Å². The van der Waals surface area contributed by atoms with Crippen molar-refractivity contribution >= 4 is 0 Å². The van der Waals surface area contributed by atoms with Crippen LogP contribution in [0.1, 0.15) is 24.0 Å². The molecule has 1 atom stereocenters. The van der Waals surface area contributed by atoms with E-state index in [9.17, 15) is 0 Å². The van der Waals surface area contributed by atoms with Gasteiger partial charge in [0.1, 0.15) is 0 Å². The predicted octanol–water partition coefficient (Wildman–Crippen LogP) is 4.51. The fraction of sp³-hybridized carbons (Fsp3) is 0.300. The van der Waals surface area contributed by atoms with Gasteiger partial charge in [-0.15, -0.1) is 0 Å². The van der Waals surface area contributed by atoms with E-state index in [0.717, 1.165) is 12.8 Å². The monoisotopic (exact) mass is 294 g/mol. The van der Waals surface area contributed by atoms with E-state index in [1.807, 2.05) is 36.4 Å². The van der Waals surface area contributed by atoms with E-state index in [1.54, 1.807) is 0 Å². The Morgan fingerprint density at radius 1 is 0.773 bits per heavy atom. The molecule has 2 aromatic carbocycles. The summed E-state index contributed by atoms with van der Waals surface area (Å²) in [5, 5.41) is 0. The number of hydrogen-bond acceptors (Lipinski definition) is 2. The van der Waals surface area contributed by atoms with Gasteiger partial charge in [-0.1, -0.05) is 66.7 Å². The number of benzene rings is 2. The third-order valence-electron chi connectivity index (χ3n) is 3.92. The van der Waals surface area contributed by atoms with E-state index >= 15 is 0 Å². The van der Waals surface area contributed by atoms with E-state index in [1.165, 1.54) is 16.7 Å². The minimum Gasteiger partial charge on any atom is -0.372 e. The Morgan fingerprint density at radius 2 is 1.41 bits per heavy atom. The molecular weight excluding hydrogens is 272 g/mol. The molecule has 0 bridgehead atoms. The van der Waals surface area contributed by atoms with Crippen LogP contribution in [0, 0.1) is 0 Å². The lowest BCUT2D eigenvalue weighted by atomic mass is 10.2. The van der Waals surface area contributed by atoms with Gasteiger partial charge < -0.3 is 9.47 Å². The highest BCUT2D eigenvalue weighted by Crippen LogP contribution is 2.23. The molecule has 0 aromatic heterocycles. The van der Waals surface area contributed by atoms with Crippen LogP contribution in [0.25, 0.3) is 0 Å². The van der Waals surface area contributed by atoms with Gasteiger partial charge in [-0.3, -0.25) is 0 Å². The second kappa shape index (κ2) is 7.92. The number of rotatable bonds is 7. The molecule has 0 unspecified atom stereocenters. The van der Waals surface area contributed by atoms with Crippen LogP contribution in [0.4, 0.5) is 0 Å². The number of allylic oxidation sites excluding steroid dienone is 1. The number of hydrogen-bond donors (Lipinski definition) is 0. The molecule has 2 heteroatoms. The van der Waals surface area contributed by atoms with Crippen molar-refractivity contribution in [2.24, 2.45) is 0 Å². The summed E-state index contributed by atoms with van der Waals surface area (Å²) >= 11 is 0. The molecule has 114 valence electrons. The zero-order valence-corrected chi connectivity index (χ0v) is 12.8. The summed E-state index contributed by atoms with van der Waals surface area (Å²) in [4.78, 5) is 0. The Balaban J connectivity index is 1.44. The Hall–Kier alpha value is -1.90. The third kappa shape index (κ3) is 4.30. The minimum absolute atomic E-state index is 0.205. The van der Waals surface area contributed by atoms with Gasteiger partial charge in [0.2, 0.25) is 0 Å². The van der Waals surface area contributed by atoms with Crippen LogP contribution in [0.2, 0.25) is 0 Å². The molecule has 0 heterocycles. The van der Waals surface area contributed by atoms with Gasteiger partial charge in [0.25, 0.3) is 0 Å². The summed E-state index contributed by atoms with van der Waals surface area (Å²) in [7, 11) is 0. The van der Waals surface area contributed by atoms with Crippen molar-refractivity contribution in [1.29, 1.82) is 0 Å². The molecule has 0 amide bonds. The molecule has 0 spiro atoms. The molecule has 1 aliphatic carbocycles. The highest BCUT2D eigenvalue weighted by molar-refractivity contribution is 5.18. The highest BCUT2D eigenvalue weighted by atomic mass is 16.5. The van der Waals surface area contributed by atoms with Crippen molar-refractivity contribution in [2.45, 2.75) is 32.2 Å². The van der Waals surface area contributed by atoms with Crippen LogP contribution < -0.4 is 0 Å². The molecule has 0 N–H and O–H groups in total. The first-order valence-electron chi connectivity index (χ1n) is 7.88. The Morgan fingerprint density at radius 3 is 2.09 bits per heavy atom. The average Bonchev–Trinajstić information content (AvgIpc) is 3.02. The first kappa shape index (κ1) is 15.0. The topological polar surface area (TPSA) is 18.5 Å². The fourth-order valence-electron chi connectivity index (χ4n) is 2.71. The first-order chi connectivity index (χ1) is 10.9. The summed E-state index contributed by atoms with van der Waals surface area (Å²) in [5.41, 5.74) is 3.72. The zero-order chi connectivity index (χ0) is 15.0. The maximum absolute atomic E-state index is 6.06. The molecule has 1 aliphatic rings. The Kier molecular flexibility index (Phi) is 5.41. The molecule has 0 fully saturated rings. The van der Waals surface area contributed by atoms with Crippen LogP contribution in [-0.4, -0.2) is 12.7 Å². The lowest BCUT2D eigenvalue weighted by molar-refractivity contribution is 0.0482.